The minimum atomic E-state index is -0.589. The number of imide groups is 1. The molecule has 0 unspecified atom stereocenters. The number of nitrogens with one attached hydrogen (secondary N) is 2. The maximum Gasteiger partial charge on any atom is 0.325 e. The molecule has 0 spiro atoms. The number of rotatable bonds is 3. The zero-order valence-corrected chi connectivity index (χ0v) is 9.84. The number of amides is 4. The van der Waals surface area contributed by atoms with Crippen molar-refractivity contribution in [3.05, 3.63) is 29.8 Å². The minimum Gasteiger partial charge on any atom is -0.329 e. The first kappa shape index (κ1) is 12.6. The Kier molecular flexibility index (Phi) is 3.43. The van der Waals surface area contributed by atoms with E-state index < -0.39 is 17.8 Å². The second kappa shape index (κ2) is 5.18. The molecule has 2 N–H and O–H groups in total. The first-order chi connectivity index (χ1) is 9.11. The summed E-state index contributed by atoms with van der Waals surface area (Å²) in [6, 6.07) is 7.82. The lowest BCUT2D eigenvalue weighted by Gasteiger charge is -2.12. The quantitative estimate of drug-likeness (QED) is 0.747. The van der Waals surface area contributed by atoms with Crippen LogP contribution in [0.5, 0.6) is 0 Å². The number of carbonyl (C=O) groups excluding carboxylic acids is 3. The van der Waals surface area contributed by atoms with Crippen molar-refractivity contribution in [3.63, 3.8) is 0 Å². The van der Waals surface area contributed by atoms with E-state index in [4.69, 9.17) is 5.26 Å². The van der Waals surface area contributed by atoms with Crippen LogP contribution in [0, 0.1) is 11.3 Å². The molecule has 96 valence electrons. The highest BCUT2D eigenvalue weighted by molar-refractivity contribution is 6.06. The first-order valence-electron chi connectivity index (χ1n) is 5.49. The molecule has 1 heterocycles. The fourth-order valence-corrected chi connectivity index (χ4v) is 1.64. The summed E-state index contributed by atoms with van der Waals surface area (Å²) in [4.78, 5) is 35.1. The molecule has 0 atom stereocenters. The smallest absolute Gasteiger partial charge is 0.325 e. The SMILES string of the molecule is N#Cc1ccccc1NC(=O)CN1C(=O)CNC1=O. The van der Waals surface area contributed by atoms with E-state index in [9.17, 15) is 14.4 Å². The van der Waals surface area contributed by atoms with Crippen LogP contribution in [-0.2, 0) is 9.59 Å². The average molecular weight is 258 g/mol. The summed E-state index contributed by atoms with van der Waals surface area (Å²) in [7, 11) is 0. The molecule has 0 saturated carbocycles. The van der Waals surface area contributed by atoms with Crippen molar-refractivity contribution in [2.45, 2.75) is 0 Å². The topological polar surface area (TPSA) is 102 Å². The molecule has 7 heteroatoms. The van der Waals surface area contributed by atoms with Gasteiger partial charge < -0.3 is 10.6 Å². The van der Waals surface area contributed by atoms with Crippen LogP contribution in [-0.4, -0.2) is 35.8 Å². The van der Waals surface area contributed by atoms with Gasteiger partial charge in [0.05, 0.1) is 17.8 Å². The van der Waals surface area contributed by atoms with E-state index in [1.54, 1.807) is 24.3 Å². The van der Waals surface area contributed by atoms with Gasteiger partial charge in [0.2, 0.25) is 5.91 Å². The summed E-state index contributed by atoms with van der Waals surface area (Å²) in [6.45, 7) is -0.467. The molecule has 1 aliphatic rings. The van der Waals surface area contributed by atoms with E-state index in [1.165, 1.54) is 0 Å². The molecule has 1 aliphatic heterocycles. The fraction of sp³-hybridized carbons (Fsp3) is 0.167. The Hall–Kier alpha value is -2.88. The van der Waals surface area contributed by atoms with E-state index in [0.29, 0.717) is 11.3 Å². The summed E-state index contributed by atoms with van der Waals surface area (Å²) >= 11 is 0. The monoisotopic (exact) mass is 258 g/mol. The Balaban J connectivity index is 2.04. The zero-order chi connectivity index (χ0) is 13.8. The summed E-state index contributed by atoms with van der Waals surface area (Å²) in [6.07, 6.45) is 0. The molecule has 1 aromatic carbocycles. The molecule has 2 rings (SSSR count). The number of hydrogen-bond donors (Lipinski definition) is 2. The van der Waals surface area contributed by atoms with E-state index in [2.05, 4.69) is 10.6 Å². The number of para-hydroxylation sites is 1. The van der Waals surface area contributed by atoms with Gasteiger partial charge in [0.25, 0.3) is 5.91 Å². The van der Waals surface area contributed by atoms with Crippen molar-refractivity contribution in [2.24, 2.45) is 0 Å². The Bertz CT molecular complexity index is 575. The van der Waals surface area contributed by atoms with Gasteiger partial charge in [-0.1, -0.05) is 12.1 Å². The summed E-state index contributed by atoms with van der Waals surface area (Å²) in [5, 5.41) is 13.7. The molecule has 7 nitrogen and oxygen atoms in total. The molecule has 19 heavy (non-hydrogen) atoms. The summed E-state index contributed by atoms with van der Waals surface area (Å²) in [5.41, 5.74) is 0.662. The lowest BCUT2D eigenvalue weighted by atomic mass is 10.2. The van der Waals surface area contributed by atoms with Crippen molar-refractivity contribution >= 4 is 23.5 Å². The molecule has 0 radical (unpaired) electrons. The Morgan fingerprint density at radius 1 is 1.42 bits per heavy atom. The highest BCUT2D eigenvalue weighted by Crippen LogP contribution is 2.13. The van der Waals surface area contributed by atoms with E-state index in [1.807, 2.05) is 6.07 Å². The second-order valence-corrected chi connectivity index (χ2v) is 3.84. The number of benzene rings is 1. The van der Waals surface area contributed by atoms with E-state index >= 15 is 0 Å². The van der Waals surface area contributed by atoms with Gasteiger partial charge in [0.1, 0.15) is 12.6 Å². The number of urea groups is 1. The van der Waals surface area contributed by atoms with Crippen LogP contribution in [0.25, 0.3) is 0 Å². The van der Waals surface area contributed by atoms with Crippen molar-refractivity contribution in [1.82, 2.24) is 10.2 Å². The molecular formula is C12H10N4O3. The van der Waals surface area contributed by atoms with Crippen LogP contribution >= 0.6 is 0 Å². The van der Waals surface area contributed by atoms with Gasteiger partial charge in [-0.15, -0.1) is 0 Å². The van der Waals surface area contributed by atoms with Crippen molar-refractivity contribution in [2.75, 3.05) is 18.4 Å². The molecular weight excluding hydrogens is 248 g/mol. The normalized spacial score (nSPS) is 13.9. The van der Waals surface area contributed by atoms with Crippen LogP contribution in [0.3, 0.4) is 0 Å². The number of hydrogen-bond acceptors (Lipinski definition) is 4. The van der Waals surface area contributed by atoms with Gasteiger partial charge in [-0.25, -0.2) is 4.79 Å². The highest BCUT2D eigenvalue weighted by atomic mass is 16.2. The van der Waals surface area contributed by atoms with Gasteiger partial charge in [0.15, 0.2) is 0 Å². The lowest BCUT2D eigenvalue weighted by molar-refractivity contribution is -0.128. The van der Waals surface area contributed by atoms with Crippen molar-refractivity contribution in [3.8, 4) is 6.07 Å². The van der Waals surface area contributed by atoms with Gasteiger partial charge in [-0.3, -0.25) is 14.5 Å². The first-order valence-corrected chi connectivity index (χ1v) is 5.49. The number of nitriles is 1. The van der Waals surface area contributed by atoms with Gasteiger partial charge in [-0.2, -0.15) is 5.26 Å². The van der Waals surface area contributed by atoms with Crippen LogP contribution in [0.4, 0.5) is 10.5 Å². The lowest BCUT2D eigenvalue weighted by Crippen LogP contribution is -2.38. The predicted octanol–water partition coefficient (Wildman–Crippen LogP) is 0.0486. The molecule has 4 amide bonds. The summed E-state index contributed by atoms with van der Waals surface area (Å²) in [5.74, 6) is -0.984. The largest absolute Gasteiger partial charge is 0.329 e. The summed E-state index contributed by atoms with van der Waals surface area (Å²) < 4.78 is 0. The van der Waals surface area contributed by atoms with E-state index in [-0.39, 0.29) is 13.1 Å². The second-order valence-electron chi connectivity index (χ2n) is 3.84. The van der Waals surface area contributed by atoms with Gasteiger partial charge in [-0.05, 0) is 12.1 Å². The van der Waals surface area contributed by atoms with Crippen molar-refractivity contribution in [1.29, 1.82) is 5.26 Å². The Morgan fingerprint density at radius 3 is 2.79 bits per heavy atom. The molecule has 1 saturated heterocycles. The fourth-order valence-electron chi connectivity index (χ4n) is 1.64. The number of anilines is 1. The number of nitrogens with zero attached hydrogens (tertiary/aromatic N) is 2. The Labute approximate surface area is 108 Å². The van der Waals surface area contributed by atoms with Crippen LogP contribution in [0.1, 0.15) is 5.56 Å². The van der Waals surface area contributed by atoms with Gasteiger partial charge >= 0.3 is 6.03 Å². The third-order valence-corrected chi connectivity index (χ3v) is 2.56. The minimum absolute atomic E-state index is 0.0963. The zero-order valence-electron chi connectivity index (χ0n) is 9.84. The van der Waals surface area contributed by atoms with Gasteiger partial charge in [0, 0.05) is 0 Å². The van der Waals surface area contributed by atoms with Crippen LogP contribution < -0.4 is 10.6 Å². The van der Waals surface area contributed by atoms with Crippen molar-refractivity contribution < 1.29 is 14.4 Å². The molecule has 0 bridgehead atoms. The maximum absolute atomic E-state index is 11.7. The average Bonchev–Trinajstić information content (AvgIpc) is 2.71. The third-order valence-electron chi connectivity index (χ3n) is 2.56. The standard InChI is InChI=1S/C12H10N4O3/c13-5-8-3-1-2-4-9(8)15-10(17)7-16-11(18)6-14-12(16)19/h1-4H,6-7H2,(H,14,19)(H,15,17). The third kappa shape index (κ3) is 2.69. The molecule has 0 aromatic heterocycles. The molecule has 0 aliphatic carbocycles. The predicted molar refractivity (Wildman–Crippen MR) is 64.9 cm³/mol. The molecule has 1 aromatic rings. The Morgan fingerprint density at radius 2 is 2.16 bits per heavy atom. The molecule has 1 fully saturated rings. The van der Waals surface area contributed by atoms with Crippen LogP contribution in [0.2, 0.25) is 0 Å². The maximum atomic E-state index is 11.7. The highest BCUT2D eigenvalue weighted by Gasteiger charge is 2.30. The number of carbonyl (C=O) groups is 3. The van der Waals surface area contributed by atoms with Crippen LogP contribution in [0.15, 0.2) is 24.3 Å². The van der Waals surface area contributed by atoms with E-state index in [0.717, 1.165) is 4.90 Å².